The van der Waals surface area contributed by atoms with Gasteiger partial charge in [0, 0.05) is 4.47 Å². The summed E-state index contributed by atoms with van der Waals surface area (Å²) in [5, 5.41) is 2.22. The number of nitrogens with zero attached hydrogens (tertiary/aromatic N) is 1. The third-order valence-electron chi connectivity index (χ3n) is 3.80. The van der Waals surface area contributed by atoms with Gasteiger partial charge in [0.25, 0.3) is 11.1 Å². The first-order valence-electron chi connectivity index (χ1n) is 8.02. The van der Waals surface area contributed by atoms with Crippen molar-refractivity contribution in [2.45, 2.75) is 0 Å². The highest BCUT2D eigenvalue weighted by molar-refractivity contribution is 14.1. The summed E-state index contributed by atoms with van der Waals surface area (Å²) in [6.45, 7) is -0.344. The molecule has 1 heterocycles. The maximum absolute atomic E-state index is 12.6. The summed E-state index contributed by atoms with van der Waals surface area (Å²) < 4.78 is 6.82. The van der Waals surface area contributed by atoms with Crippen molar-refractivity contribution in [2.24, 2.45) is 0 Å². The number of methoxy groups -OCH3 is 1. The molecule has 2 aromatic rings. The van der Waals surface area contributed by atoms with Gasteiger partial charge in [-0.25, -0.2) is 0 Å². The Hall–Kier alpha value is -1.85. The summed E-state index contributed by atoms with van der Waals surface area (Å²) in [7, 11) is 1.58. The molecule has 3 amide bonds. The molecule has 0 radical (unpaired) electrons. The average molecular weight is 573 g/mol. The molecule has 1 fully saturated rings. The van der Waals surface area contributed by atoms with Crippen molar-refractivity contribution in [3.8, 4) is 5.75 Å². The van der Waals surface area contributed by atoms with Crippen LogP contribution in [0.1, 0.15) is 5.56 Å². The molecule has 9 heteroatoms. The summed E-state index contributed by atoms with van der Waals surface area (Å²) in [4.78, 5) is 38.3. The number of para-hydroxylation sites is 1. The van der Waals surface area contributed by atoms with Gasteiger partial charge in [0.05, 0.1) is 21.3 Å². The molecule has 1 aliphatic heterocycles. The second-order valence-corrected chi connectivity index (χ2v) is 8.70. The van der Waals surface area contributed by atoms with Crippen LogP contribution >= 0.6 is 50.3 Å². The van der Waals surface area contributed by atoms with E-state index in [0.29, 0.717) is 10.2 Å². The monoisotopic (exact) mass is 572 g/mol. The molecule has 0 unspecified atom stereocenters. The van der Waals surface area contributed by atoms with E-state index in [9.17, 15) is 14.4 Å². The predicted octanol–water partition coefficient (Wildman–Crippen LogP) is 4.74. The van der Waals surface area contributed by atoms with Gasteiger partial charge < -0.3 is 10.1 Å². The van der Waals surface area contributed by atoms with Crippen molar-refractivity contribution in [2.75, 3.05) is 19.0 Å². The van der Waals surface area contributed by atoms with E-state index in [1.165, 1.54) is 0 Å². The van der Waals surface area contributed by atoms with Crippen molar-refractivity contribution < 1.29 is 19.1 Å². The smallest absolute Gasteiger partial charge is 0.294 e. The molecule has 0 aromatic heterocycles. The predicted molar refractivity (Wildman–Crippen MR) is 121 cm³/mol. The summed E-state index contributed by atoms with van der Waals surface area (Å²) >= 11 is 6.29. The van der Waals surface area contributed by atoms with Gasteiger partial charge >= 0.3 is 0 Å². The number of ether oxygens (including phenoxy) is 1. The van der Waals surface area contributed by atoms with E-state index < -0.39 is 17.1 Å². The Balaban J connectivity index is 1.72. The van der Waals surface area contributed by atoms with Gasteiger partial charge in [-0.15, -0.1) is 0 Å². The second kappa shape index (κ2) is 9.10. The zero-order valence-electron chi connectivity index (χ0n) is 14.6. The first-order chi connectivity index (χ1) is 13.4. The lowest BCUT2D eigenvalue weighted by Crippen LogP contribution is -2.36. The van der Waals surface area contributed by atoms with Crippen molar-refractivity contribution >= 4 is 79.1 Å². The molecular weight excluding hydrogens is 559 g/mol. The number of carbonyl (C=O) groups excluding carboxylic acids is 3. The number of halogens is 2. The maximum Gasteiger partial charge on any atom is 0.294 e. The Morgan fingerprint density at radius 1 is 1.29 bits per heavy atom. The number of anilines is 1. The van der Waals surface area contributed by atoms with Gasteiger partial charge in [0.2, 0.25) is 5.91 Å². The Morgan fingerprint density at radius 3 is 2.71 bits per heavy atom. The van der Waals surface area contributed by atoms with Crippen LogP contribution in [0.2, 0.25) is 0 Å². The third kappa shape index (κ3) is 4.76. The Labute approximate surface area is 188 Å². The van der Waals surface area contributed by atoms with E-state index in [-0.39, 0.29) is 11.4 Å². The molecule has 1 saturated heterocycles. The van der Waals surface area contributed by atoms with Crippen LogP contribution in [0.3, 0.4) is 0 Å². The van der Waals surface area contributed by atoms with E-state index >= 15 is 0 Å². The van der Waals surface area contributed by atoms with Gasteiger partial charge in [-0.2, -0.15) is 0 Å². The Morgan fingerprint density at radius 2 is 2.04 bits per heavy atom. The molecule has 144 valence electrons. The molecule has 0 saturated carbocycles. The van der Waals surface area contributed by atoms with Crippen LogP contribution in [-0.2, 0) is 9.59 Å². The number of benzene rings is 2. The quantitative estimate of drug-likeness (QED) is 0.414. The van der Waals surface area contributed by atoms with Crippen molar-refractivity contribution in [3.63, 3.8) is 0 Å². The number of nitrogens with one attached hydrogen (secondary N) is 1. The van der Waals surface area contributed by atoms with Gasteiger partial charge in [0.15, 0.2) is 0 Å². The molecule has 0 aliphatic carbocycles. The number of hydrogen-bond acceptors (Lipinski definition) is 5. The summed E-state index contributed by atoms with van der Waals surface area (Å²) in [5.41, 5.74) is 1.34. The Kier molecular flexibility index (Phi) is 6.78. The molecule has 28 heavy (non-hydrogen) atoms. The highest BCUT2D eigenvalue weighted by Gasteiger charge is 2.36. The lowest BCUT2D eigenvalue weighted by Gasteiger charge is -2.13. The first-order valence-corrected chi connectivity index (χ1v) is 10.7. The molecule has 0 atom stereocenters. The van der Waals surface area contributed by atoms with Crippen LogP contribution in [0, 0.1) is 3.57 Å². The van der Waals surface area contributed by atoms with E-state index in [2.05, 4.69) is 43.8 Å². The third-order valence-corrected chi connectivity index (χ3v) is 6.24. The van der Waals surface area contributed by atoms with E-state index in [1.54, 1.807) is 43.5 Å². The number of amides is 3. The average Bonchev–Trinajstić information content (AvgIpc) is 2.91. The highest BCUT2D eigenvalue weighted by Crippen LogP contribution is 2.33. The minimum Gasteiger partial charge on any atom is -0.496 e. The van der Waals surface area contributed by atoms with Gasteiger partial charge in [0.1, 0.15) is 12.3 Å². The largest absolute Gasteiger partial charge is 0.496 e. The zero-order valence-corrected chi connectivity index (χ0v) is 19.1. The lowest BCUT2D eigenvalue weighted by molar-refractivity contribution is -0.127. The van der Waals surface area contributed by atoms with E-state index in [0.717, 1.165) is 31.5 Å². The summed E-state index contributed by atoms with van der Waals surface area (Å²) in [6.07, 6.45) is 1.64. The van der Waals surface area contributed by atoms with Crippen LogP contribution in [0.4, 0.5) is 10.5 Å². The molecule has 1 N–H and O–H groups in total. The van der Waals surface area contributed by atoms with Gasteiger partial charge in [-0.3, -0.25) is 19.3 Å². The fourth-order valence-corrected chi connectivity index (χ4v) is 4.44. The zero-order chi connectivity index (χ0) is 20.3. The second-order valence-electron chi connectivity index (χ2n) is 5.69. The van der Waals surface area contributed by atoms with Crippen molar-refractivity contribution in [3.05, 3.63) is 61.0 Å². The van der Waals surface area contributed by atoms with Crippen LogP contribution in [0.15, 0.2) is 51.8 Å². The van der Waals surface area contributed by atoms with Crippen LogP contribution in [0.5, 0.6) is 5.75 Å². The maximum atomic E-state index is 12.6. The number of thioether (sulfide) groups is 1. The minimum atomic E-state index is -0.483. The normalized spacial score (nSPS) is 15.2. The fraction of sp³-hybridized carbons (Fsp3) is 0.105. The van der Waals surface area contributed by atoms with E-state index in [1.807, 2.05) is 12.1 Å². The lowest BCUT2D eigenvalue weighted by atomic mass is 10.2. The first kappa shape index (κ1) is 20.9. The summed E-state index contributed by atoms with van der Waals surface area (Å²) in [5.74, 6) is -0.202. The van der Waals surface area contributed by atoms with Gasteiger partial charge in [-0.1, -0.05) is 18.2 Å². The standard InChI is InChI=1S/C19H14BrIN2O4S/c1-27-15-7-6-11(8-13(15)21)9-16-18(25)23(19(26)28-16)10-17(24)22-14-5-3-2-4-12(14)20/h2-9H,10H2,1H3,(H,22,24)/b16-9-. The van der Waals surface area contributed by atoms with Crippen LogP contribution < -0.4 is 10.1 Å². The van der Waals surface area contributed by atoms with Crippen molar-refractivity contribution in [1.82, 2.24) is 4.90 Å². The van der Waals surface area contributed by atoms with Crippen LogP contribution in [0.25, 0.3) is 6.08 Å². The summed E-state index contributed by atoms with van der Waals surface area (Å²) in [6, 6.07) is 12.6. The fourth-order valence-electron chi connectivity index (χ4n) is 2.46. The number of rotatable bonds is 5. The molecule has 1 aliphatic rings. The molecule has 6 nitrogen and oxygen atoms in total. The van der Waals surface area contributed by atoms with E-state index in [4.69, 9.17) is 4.74 Å². The molecule has 0 spiro atoms. The molecule has 3 rings (SSSR count). The SMILES string of the molecule is COc1ccc(/C=C2\SC(=O)N(CC(=O)Nc3ccccc3Br)C2=O)cc1I. The number of hydrogen-bond donors (Lipinski definition) is 1. The van der Waals surface area contributed by atoms with Crippen LogP contribution in [-0.4, -0.2) is 35.6 Å². The minimum absolute atomic E-state index is 0.277. The molecular formula is C19H14BrIN2O4S. The van der Waals surface area contributed by atoms with Crippen molar-refractivity contribution in [1.29, 1.82) is 0 Å². The Bertz CT molecular complexity index is 996. The number of carbonyl (C=O) groups is 3. The van der Waals surface area contributed by atoms with Gasteiger partial charge in [-0.05, 0) is 86.2 Å². The molecule has 0 bridgehead atoms. The highest BCUT2D eigenvalue weighted by atomic mass is 127. The topological polar surface area (TPSA) is 75.7 Å². The number of imide groups is 1. The molecule has 2 aromatic carbocycles.